The highest BCUT2D eigenvalue weighted by Gasteiger charge is 2.67. The van der Waals surface area contributed by atoms with Crippen molar-refractivity contribution >= 4 is 17.7 Å². The number of rotatable bonds is 5. The van der Waals surface area contributed by atoms with Gasteiger partial charge in [-0.2, -0.15) is 0 Å². The Balaban J connectivity index is 1.54. The molecule has 0 aromatic carbocycles. The fourth-order valence-electron chi connectivity index (χ4n) is 9.41. The fourth-order valence-corrected chi connectivity index (χ4v) is 9.41. The molecule has 0 radical (unpaired) electrons. The van der Waals surface area contributed by atoms with Gasteiger partial charge in [-0.25, -0.2) is 0 Å². The van der Waals surface area contributed by atoms with Gasteiger partial charge in [-0.05, 0) is 105 Å². The van der Waals surface area contributed by atoms with E-state index in [2.05, 4.69) is 52.7 Å². The van der Waals surface area contributed by atoms with E-state index in [1.807, 2.05) is 13.8 Å². The molecule has 220 valence electrons. The second kappa shape index (κ2) is 9.85. The standard InChI is InChI=1S/C36H46O5/c1-9-11-29(38)41-30-23(3)24-12-13-27-34(6,25(24)21-26(30)37)17-19-36(8)28-22-33(5,31(39)40-20-10-2)15-14-32(28,4)16-18-35(27,36)7/h2,12-13,21,28H,9,11,14-20,22H2,1,3-8H3/t28-,32-,33-,34+,35-,36+/m1/s1. The summed E-state index contributed by atoms with van der Waals surface area (Å²) in [6.07, 6.45) is 19.3. The third kappa shape index (κ3) is 4.23. The molecular formula is C36H46O5. The first kappa shape index (κ1) is 29.6. The topological polar surface area (TPSA) is 69.7 Å². The lowest BCUT2D eigenvalue weighted by Crippen LogP contribution is -2.62. The Morgan fingerprint density at radius 1 is 1.02 bits per heavy atom. The lowest BCUT2D eigenvalue weighted by molar-refractivity contribution is -0.181. The molecule has 0 spiro atoms. The molecule has 0 unspecified atom stereocenters. The van der Waals surface area contributed by atoms with Crippen LogP contribution in [0, 0.1) is 45.3 Å². The molecule has 0 bridgehead atoms. The molecular weight excluding hydrogens is 512 g/mol. The summed E-state index contributed by atoms with van der Waals surface area (Å²) in [7, 11) is 0. The molecule has 6 atom stereocenters. The van der Waals surface area contributed by atoms with E-state index in [1.165, 1.54) is 5.57 Å². The summed E-state index contributed by atoms with van der Waals surface area (Å²) in [6.45, 7) is 15.5. The smallest absolute Gasteiger partial charge is 0.312 e. The summed E-state index contributed by atoms with van der Waals surface area (Å²) in [5, 5.41) is 0. The SMILES string of the molecule is C#CCOC(=O)[C@]1(C)CC[C@]2(C)CC[C@]3(C)C4=CC=C5C(=CC(=O)C(OC(=O)CCC)=C5C)[C@]4(C)CC[C@@]3(C)[C@@H]2C1. The molecule has 3 fully saturated rings. The molecule has 0 aromatic rings. The van der Waals surface area contributed by atoms with E-state index >= 15 is 0 Å². The van der Waals surface area contributed by atoms with Gasteiger partial charge in [0.05, 0.1) is 5.41 Å². The first-order valence-corrected chi connectivity index (χ1v) is 15.4. The van der Waals surface area contributed by atoms with Gasteiger partial charge in [0, 0.05) is 17.4 Å². The van der Waals surface area contributed by atoms with Crippen LogP contribution in [0.25, 0.3) is 0 Å². The number of hydrogen-bond acceptors (Lipinski definition) is 5. The zero-order valence-electron chi connectivity index (χ0n) is 26.0. The summed E-state index contributed by atoms with van der Waals surface area (Å²) in [5.41, 5.74) is 3.43. The molecule has 0 aromatic heterocycles. The zero-order valence-corrected chi connectivity index (χ0v) is 26.0. The van der Waals surface area contributed by atoms with Crippen LogP contribution in [0.15, 0.2) is 46.3 Å². The Bertz CT molecular complexity index is 1370. The van der Waals surface area contributed by atoms with Crippen molar-refractivity contribution in [2.45, 2.75) is 106 Å². The van der Waals surface area contributed by atoms with Crippen molar-refractivity contribution in [3.8, 4) is 12.3 Å². The van der Waals surface area contributed by atoms with E-state index in [1.54, 1.807) is 6.08 Å². The molecule has 41 heavy (non-hydrogen) atoms. The van der Waals surface area contributed by atoms with E-state index in [-0.39, 0.29) is 51.7 Å². The van der Waals surface area contributed by atoms with E-state index < -0.39 is 5.41 Å². The Morgan fingerprint density at radius 3 is 2.41 bits per heavy atom. The van der Waals surface area contributed by atoms with Crippen molar-refractivity contribution in [2.75, 3.05) is 6.61 Å². The minimum Gasteiger partial charge on any atom is -0.452 e. The van der Waals surface area contributed by atoms with Gasteiger partial charge in [0.2, 0.25) is 5.78 Å². The predicted molar refractivity (Wildman–Crippen MR) is 159 cm³/mol. The maximum Gasteiger partial charge on any atom is 0.312 e. The minimum atomic E-state index is -0.539. The lowest BCUT2D eigenvalue weighted by atomic mass is 9.34. The van der Waals surface area contributed by atoms with Gasteiger partial charge in [-0.15, -0.1) is 6.42 Å². The van der Waals surface area contributed by atoms with Crippen molar-refractivity contribution < 1.29 is 23.9 Å². The van der Waals surface area contributed by atoms with Crippen molar-refractivity contribution in [1.82, 2.24) is 0 Å². The molecule has 5 aliphatic carbocycles. The summed E-state index contributed by atoms with van der Waals surface area (Å²) >= 11 is 0. The van der Waals surface area contributed by atoms with Gasteiger partial charge in [0.15, 0.2) is 12.4 Å². The first-order valence-electron chi connectivity index (χ1n) is 15.4. The second-order valence-electron chi connectivity index (χ2n) is 14.6. The van der Waals surface area contributed by atoms with Gasteiger partial charge in [-0.1, -0.05) is 58.3 Å². The van der Waals surface area contributed by atoms with Crippen LogP contribution >= 0.6 is 0 Å². The number of allylic oxidation sites excluding steroid dienone is 7. The summed E-state index contributed by atoms with van der Waals surface area (Å²) in [4.78, 5) is 38.9. The Kier molecular flexibility index (Phi) is 7.12. The molecule has 5 nitrogen and oxygen atoms in total. The number of carbonyl (C=O) groups is 3. The second-order valence-corrected chi connectivity index (χ2v) is 14.6. The van der Waals surface area contributed by atoms with E-state index in [0.29, 0.717) is 18.8 Å². The molecule has 0 aliphatic heterocycles. The Morgan fingerprint density at radius 2 is 1.73 bits per heavy atom. The van der Waals surface area contributed by atoms with E-state index in [4.69, 9.17) is 15.9 Å². The van der Waals surface area contributed by atoms with Gasteiger partial charge in [0.1, 0.15) is 0 Å². The summed E-state index contributed by atoms with van der Waals surface area (Å²) in [6, 6.07) is 0. The van der Waals surface area contributed by atoms with Crippen LogP contribution in [0.3, 0.4) is 0 Å². The van der Waals surface area contributed by atoms with Gasteiger partial charge in [0.25, 0.3) is 0 Å². The van der Waals surface area contributed by atoms with Crippen molar-refractivity contribution in [3.05, 3.63) is 46.3 Å². The van der Waals surface area contributed by atoms with Crippen molar-refractivity contribution in [2.24, 2.45) is 33.0 Å². The number of ketones is 1. The molecule has 0 saturated heterocycles. The highest BCUT2D eigenvalue weighted by Crippen LogP contribution is 2.75. The summed E-state index contributed by atoms with van der Waals surface area (Å²) < 4.78 is 11.1. The number of terminal acetylenes is 1. The third-order valence-electron chi connectivity index (χ3n) is 12.3. The Hall–Kier alpha value is -2.87. The normalized spacial score (nSPS) is 39.5. The Labute approximate surface area is 245 Å². The maximum atomic E-state index is 13.4. The van der Waals surface area contributed by atoms with Crippen LogP contribution in [-0.4, -0.2) is 24.3 Å². The number of fused-ring (bicyclic) bond motifs is 7. The quantitative estimate of drug-likeness (QED) is 0.257. The van der Waals surface area contributed by atoms with Crippen LogP contribution in [0.5, 0.6) is 0 Å². The highest BCUT2D eigenvalue weighted by molar-refractivity contribution is 6.08. The average molecular weight is 559 g/mol. The highest BCUT2D eigenvalue weighted by atomic mass is 16.5. The summed E-state index contributed by atoms with van der Waals surface area (Å²) in [5.74, 6) is 2.22. The molecule has 5 heteroatoms. The van der Waals surface area contributed by atoms with Crippen molar-refractivity contribution in [1.29, 1.82) is 0 Å². The number of carbonyl (C=O) groups excluding carboxylic acids is 3. The predicted octanol–water partition coefficient (Wildman–Crippen LogP) is 7.57. The average Bonchev–Trinajstić information content (AvgIpc) is 2.92. The third-order valence-corrected chi connectivity index (χ3v) is 12.3. The van der Waals surface area contributed by atoms with Crippen LogP contribution in [0.4, 0.5) is 0 Å². The molecule has 0 heterocycles. The first-order chi connectivity index (χ1) is 19.2. The largest absolute Gasteiger partial charge is 0.452 e. The molecule has 0 amide bonds. The number of hydrogen-bond donors (Lipinski definition) is 0. The van der Waals surface area contributed by atoms with Gasteiger partial charge < -0.3 is 9.47 Å². The monoisotopic (exact) mass is 558 g/mol. The zero-order chi connectivity index (χ0) is 30.0. The van der Waals surface area contributed by atoms with E-state index in [0.717, 1.165) is 61.7 Å². The lowest BCUT2D eigenvalue weighted by Gasteiger charge is -2.70. The van der Waals surface area contributed by atoms with Crippen molar-refractivity contribution in [3.63, 3.8) is 0 Å². The van der Waals surface area contributed by atoms with Crippen LogP contribution in [0.2, 0.25) is 0 Å². The molecule has 3 saturated carbocycles. The van der Waals surface area contributed by atoms with Crippen LogP contribution in [0.1, 0.15) is 106 Å². The van der Waals surface area contributed by atoms with Gasteiger partial charge >= 0.3 is 11.9 Å². The molecule has 0 N–H and O–H groups in total. The fraction of sp³-hybridized carbons (Fsp3) is 0.639. The molecule has 5 aliphatic rings. The van der Waals surface area contributed by atoms with Gasteiger partial charge in [-0.3, -0.25) is 14.4 Å². The number of ether oxygens (including phenoxy) is 2. The number of esters is 2. The van der Waals surface area contributed by atoms with Crippen LogP contribution in [-0.2, 0) is 23.9 Å². The molecule has 5 rings (SSSR count). The minimum absolute atomic E-state index is 0.0181. The van der Waals surface area contributed by atoms with E-state index in [9.17, 15) is 14.4 Å². The van der Waals surface area contributed by atoms with Crippen LogP contribution < -0.4 is 0 Å². The maximum absolute atomic E-state index is 13.4.